The highest BCUT2D eigenvalue weighted by Gasteiger charge is 2.23. The molecule has 1 aliphatic rings. The monoisotopic (exact) mass is 275 g/mol. The van der Waals surface area contributed by atoms with Gasteiger partial charge in [-0.15, -0.1) is 0 Å². The van der Waals surface area contributed by atoms with Gasteiger partial charge in [0.05, 0.1) is 0 Å². The van der Waals surface area contributed by atoms with Crippen LogP contribution >= 0.6 is 0 Å². The zero-order valence-electron chi connectivity index (χ0n) is 12.7. The average Bonchev–Trinajstić information content (AvgIpc) is 2.90. The molecule has 1 aliphatic carbocycles. The van der Waals surface area contributed by atoms with Crippen LogP contribution in [0.3, 0.4) is 0 Å². The van der Waals surface area contributed by atoms with E-state index in [2.05, 4.69) is 18.3 Å². The lowest BCUT2D eigenvalue weighted by Gasteiger charge is -2.21. The normalized spacial score (nSPS) is 16.9. The van der Waals surface area contributed by atoms with Gasteiger partial charge in [0.2, 0.25) is 0 Å². The molecule has 1 atom stereocenters. The lowest BCUT2D eigenvalue weighted by molar-refractivity contribution is -0.128. The van der Waals surface area contributed by atoms with E-state index in [1.165, 1.54) is 18.4 Å². The maximum absolute atomic E-state index is 12.3. The van der Waals surface area contributed by atoms with Crippen molar-refractivity contribution in [2.75, 3.05) is 0 Å². The SMILES string of the molecule is CCC(Oc1ccc(C)cc1C)C(=O)NC1CCCC1. The van der Waals surface area contributed by atoms with Crippen LogP contribution < -0.4 is 10.1 Å². The molecular weight excluding hydrogens is 250 g/mol. The second-order valence-corrected chi connectivity index (χ2v) is 5.77. The van der Waals surface area contributed by atoms with Gasteiger partial charge < -0.3 is 10.1 Å². The van der Waals surface area contributed by atoms with Crippen LogP contribution in [0.5, 0.6) is 5.75 Å². The van der Waals surface area contributed by atoms with Crippen molar-refractivity contribution >= 4 is 5.91 Å². The molecule has 0 aliphatic heterocycles. The summed E-state index contributed by atoms with van der Waals surface area (Å²) in [6.07, 6.45) is 4.94. The maximum atomic E-state index is 12.3. The molecule has 0 bridgehead atoms. The standard InChI is InChI=1S/C17H25NO2/c1-4-15(17(19)18-14-7-5-6-8-14)20-16-10-9-12(2)11-13(16)3/h9-11,14-15H,4-8H2,1-3H3,(H,18,19). The molecule has 1 N–H and O–H groups in total. The highest BCUT2D eigenvalue weighted by atomic mass is 16.5. The van der Waals surface area contributed by atoms with E-state index in [0.717, 1.165) is 24.2 Å². The van der Waals surface area contributed by atoms with E-state index in [1.807, 2.05) is 26.0 Å². The summed E-state index contributed by atoms with van der Waals surface area (Å²) >= 11 is 0. The molecule has 1 aromatic carbocycles. The minimum absolute atomic E-state index is 0.0272. The molecule has 3 heteroatoms. The number of carbonyl (C=O) groups excluding carboxylic acids is 1. The van der Waals surface area contributed by atoms with E-state index < -0.39 is 6.10 Å². The van der Waals surface area contributed by atoms with Crippen LogP contribution in [-0.2, 0) is 4.79 Å². The van der Waals surface area contributed by atoms with Crippen LogP contribution in [0.15, 0.2) is 18.2 Å². The number of hydrogen-bond acceptors (Lipinski definition) is 2. The molecule has 0 aromatic heterocycles. The first-order valence-corrected chi connectivity index (χ1v) is 7.64. The molecule has 20 heavy (non-hydrogen) atoms. The third kappa shape index (κ3) is 3.75. The minimum Gasteiger partial charge on any atom is -0.480 e. The van der Waals surface area contributed by atoms with Gasteiger partial charge in [0.15, 0.2) is 6.10 Å². The fourth-order valence-electron chi connectivity index (χ4n) is 2.77. The van der Waals surface area contributed by atoms with Crippen molar-refractivity contribution in [2.24, 2.45) is 0 Å². The summed E-state index contributed by atoms with van der Waals surface area (Å²) in [6.45, 7) is 6.06. The van der Waals surface area contributed by atoms with Gasteiger partial charge in [-0.2, -0.15) is 0 Å². The first kappa shape index (κ1) is 14.9. The van der Waals surface area contributed by atoms with Crippen LogP contribution in [-0.4, -0.2) is 18.1 Å². The predicted molar refractivity (Wildman–Crippen MR) is 81.0 cm³/mol. The Balaban J connectivity index is 1.98. The molecule has 2 rings (SSSR count). The number of ether oxygens (including phenoxy) is 1. The van der Waals surface area contributed by atoms with Crippen molar-refractivity contribution in [1.29, 1.82) is 0 Å². The van der Waals surface area contributed by atoms with Crippen LogP contribution in [0.25, 0.3) is 0 Å². The lowest BCUT2D eigenvalue weighted by atomic mass is 10.1. The van der Waals surface area contributed by atoms with Gasteiger partial charge in [0.1, 0.15) is 5.75 Å². The van der Waals surface area contributed by atoms with E-state index in [9.17, 15) is 4.79 Å². The Morgan fingerprint density at radius 1 is 1.35 bits per heavy atom. The van der Waals surface area contributed by atoms with Gasteiger partial charge in [-0.3, -0.25) is 4.79 Å². The van der Waals surface area contributed by atoms with Crippen molar-refractivity contribution in [3.63, 3.8) is 0 Å². The van der Waals surface area contributed by atoms with Crippen molar-refractivity contribution in [2.45, 2.75) is 65.0 Å². The molecule has 1 fully saturated rings. The summed E-state index contributed by atoms with van der Waals surface area (Å²) in [5, 5.41) is 3.12. The molecular formula is C17H25NO2. The Hall–Kier alpha value is -1.51. The number of aryl methyl sites for hydroxylation is 2. The number of benzene rings is 1. The zero-order chi connectivity index (χ0) is 14.5. The fourth-order valence-corrected chi connectivity index (χ4v) is 2.77. The highest BCUT2D eigenvalue weighted by molar-refractivity contribution is 5.81. The molecule has 1 saturated carbocycles. The number of amides is 1. The second kappa shape index (κ2) is 6.78. The summed E-state index contributed by atoms with van der Waals surface area (Å²) in [7, 11) is 0. The van der Waals surface area contributed by atoms with E-state index in [4.69, 9.17) is 4.74 Å². The summed E-state index contributed by atoms with van der Waals surface area (Å²) in [5.41, 5.74) is 2.29. The predicted octanol–water partition coefficient (Wildman–Crippen LogP) is 3.52. The van der Waals surface area contributed by atoms with Gasteiger partial charge in [-0.25, -0.2) is 0 Å². The van der Waals surface area contributed by atoms with E-state index in [0.29, 0.717) is 12.5 Å². The largest absolute Gasteiger partial charge is 0.480 e. The lowest BCUT2D eigenvalue weighted by Crippen LogP contribution is -2.42. The number of nitrogens with one attached hydrogen (secondary N) is 1. The Bertz CT molecular complexity index is 464. The molecule has 0 heterocycles. The Labute approximate surface area is 121 Å². The third-order valence-electron chi connectivity index (χ3n) is 3.96. The zero-order valence-corrected chi connectivity index (χ0v) is 12.7. The van der Waals surface area contributed by atoms with Crippen LogP contribution in [0.4, 0.5) is 0 Å². The van der Waals surface area contributed by atoms with Crippen LogP contribution in [0.1, 0.15) is 50.2 Å². The van der Waals surface area contributed by atoms with Gasteiger partial charge in [-0.05, 0) is 44.7 Å². The summed E-state index contributed by atoms with van der Waals surface area (Å²) in [5.74, 6) is 0.836. The average molecular weight is 275 g/mol. The molecule has 110 valence electrons. The summed E-state index contributed by atoms with van der Waals surface area (Å²) in [4.78, 5) is 12.3. The summed E-state index contributed by atoms with van der Waals surface area (Å²) < 4.78 is 5.91. The smallest absolute Gasteiger partial charge is 0.261 e. The fraction of sp³-hybridized carbons (Fsp3) is 0.588. The minimum atomic E-state index is -0.392. The Morgan fingerprint density at radius 3 is 2.65 bits per heavy atom. The molecule has 1 unspecified atom stereocenters. The van der Waals surface area contributed by atoms with Crippen molar-refractivity contribution in [3.8, 4) is 5.75 Å². The highest BCUT2D eigenvalue weighted by Crippen LogP contribution is 2.22. The maximum Gasteiger partial charge on any atom is 0.261 e. The van der Waals surface area contributed by atoms with E-state index in [1.54, 1.807) is 0 Å². The van der Waals surface area contributed by atoms with E-state index in [-0.39, 0.29) is 5.91 Å². The van der Waals surface area contributed by atoms with Gasteiger partial charge >= 0.3 is 0 Å². The number of hydrogen-bond donors (Lipinski definition) is 1. The molecule has 0 spiro atoms. The van der Waals surface area contributed by atoms with Gasteiger partial charge in [-0.1, -0.05) is 37.5 Å². The topological polar surface area (TPSA) is 38.3 Å². The second-order valence-electron chi connectivity index (χ2n) is 5.77. The molecule has 1 amide bonds. The van der Waals surface area contributed by atoms with Crippen molar-refractivity contribution in [3.05, 3.63) is 29.3 Å². The number of carbonyl (C=O) groups is 1. The van der Waals surface area contributed by atoms with Crippen LogP contribution in [0.2, 0.25) is 0 Å². The molecule has 3 nitrogen and oxygen atoms in total. The van der Waals surface area contributed by atoms with Gasteiger partial charge in [0.25, 0.3) is 5.91 Å². The van der Waals surface area contributed by atoms with Gasteiger partial charge in [0, 0.05) is 6.04 Å². The Morgan fingerprint density at radius 2 is 2.05 bits per heavy atom. The Kier molecular flexibility index (Phi) is 5.05. The molecule has 0 radical (unpaired) electrons. The molecule has 0 saturated heterocycles. The summed E-state index contributed by atoms with van der Waals surface area (Å²) in [6, 6.07) is 6.40. The molecule has 1 aromatic rings. The van der Waals surface area contributed by atoms with Crippen molar-refractivity contribution < 1.29 is 9.53 Å². The number of rotatable bonds is 5. The first-order chi connectivity index (χ1) is 9.60. The third-order valence-corrected chi connectivity index (χ3v) is 3.96. The van der Waals surface area contributed by atoms with Crippen LogP contribution in [0, 0.1) is 13.8 Å². The quantitative estimate of drug-likeness (QED) is 0.893. The first-order valence-electron chi connectivity index (χ1n) is 7.64. The van der Waals surface area contributed by atoms with E-state index >= 15 is 0 Å². The van der Waals surface area contributed by atoms with Crippen molar-refractivity contribution in [1.82, 2.24) is 5.32 Å².